The minimum absolute atomic E-state index is 0.00309. The molecule has 1 aliphatic carbocycles. The van der Waals surface area contributed by atoms with Gasteiger partial charge in [0.2, 0.25) is 5.91 Å². The van der Waals surface area contributed by atoms with Crippen LogP contribution in [-0.2, 0) is 14.4 Å². The summed E-state index contributed by atoms with van der Waals surface area (Å²) in [5.74, 6) is -1.83. The molecule has 1 saturated carbocycles. The molecule has 1 aromatic heterocycles. The van der Waals surface area contributed by atoms with Gasteiger partial charge in [-0.2, -0.15) is 5.10 Å². The van der Waals surface area contributed by atoms with Crippen molar-refractivity contribution in [1.82, 2.24) is 15.1 Å². The smallest absolute Gasteiger partial charge is 0.220 e. The number of rotatable bonds is 5. The molecule has 7 heteroatoms. The lowest BCUT2D eigenvalue weighted by atomic mass is 9.87. The molecule has 6 nitrogen and oxygen atoms in total. The van der Waals surface area contributed by atoms with Crippen molar-refractivity contribution in [1.29, 1.82) is 0 Å². The topological polar surface area (TPSA) is 81.1 Å². The summed E-state index contributed by atoms with van der Waals surface area (Å²) in [5.41, 5.74) is 3.25. The minimum atomic E-state index is -0.799. The Bertz CT molecular complexity index is 925. The average Bonchev–Trinajstić information content (AvgIpc) is 3.12. The molecule has 1 fully saturated rings. The van der Waals surface area contributed by atoms with E-state index >= 15 is 0 Å². The fourth-order valence-corrected chi connectivity index (χ4v) is 4.05. The summed E-state index contributed by atoms with van der Waals surface area (Å²) in [6, 6.07) is 3.79. The van der Waals surface area contributed by atoms with Crippen molar-refractivity contribution >= 4 is 29.1 Å². The maximum atomic E-state index is 13.0. The SMILES string of the molecule is Cc1cc(-n2cc(Cl)cn2)cc(C)c1C1C(=O)CC(CC(=O)NC(C)C)C1=O. The highest BCUT2D eigenvalue weighted by molar-refractivity contribution is 6.30. The number of ketones is 2. The number of aromatic nitrogens is 2. The Hall–Kier alpha value is -2.47. The quantitative estimate of drug-likeness (QED) is 0.779. The third-order valence-electron chi connectivity index (χ3n) is 5.02. The zero-order chi connectivity index (χ0) is 20.6. The molecule has 0 aliphatic heterocycles. The van der Waals surface area contributed by atoms with Gasteiger partial charge in [-0.15, -0.1) is 0 Å². The molecule has 0 saturated heterocycles. The molecule has 3 rings (SSSR count). The number of aryl methyl sites for hydroxylation is 2. The fraction of sp³-hybridized carbons (Fsp3) is 0.429. The van der Waals surface area contributed by atoms with Gasteiger partial charge in [-0.1, -0.05) is 11.6 Å². The van der Waals surface area contributed by atoms with Crippen LogP contribution >= 0.6 is 11.6 Å². The predicted octanol–water partition coefficient (Wildman–Crippen LogP) is 3.30. The van der Waals surface area contributed by atoms with Crippen molar-refractivity contribution in [2.45, 2.75) is 52.5 Å². The van der Waals surface area contributed by atoms with E-state index < -0.39 is 11.8 Å². The van der Waals surface area contributed by atoms with Gasteiger partial charge in [0.15, 0.2) is 5.78 Å². The van der Waals surface area contributed by atoms with E-state index in [-0.39, 0.29) is 36.4 Å². The van der Waals surface area contributed by atoms with E-state index in [0.29, 0.717) is 5.02 Å². The third kappa shape index (κ3) is 4.02. The van der Waals surface area contributed by atoms with Gasteiger partial charge in [-0.3, -0.25) is 14.4 Å². The largest absolute Gasteiger partial charge is 0.354 e. The summed E-state index contributed by atoms with van der Waals surface area (Å²) in [7, 11) is 0. The van der Waals surface area contributed by atoms with Crippen LogP contribution in [0.15, 0.2) is 24.5 Å². The molecule has 1 N–H and O–H groups in total. The van der Waals surface area contributed by atoms with Crippen molar-refractivity contribution in [2.75, 3.05) is 0 Å². The number of halogens is 1. The van der Waals surface area contributed by atoms with Crippen LogP contribution in [0.5, 0.6) is 0 Å². The minimum Gasteiger partial charge on any atom is -0.354 e. The molecule has 1 heterocycles. The second-order valence-corrected chi connectivity index (χ2v) is 8.16. The fourth-order valence-electron chi connectivity index (χ4n) is 3.92. The molecular formula is C21H24ClN3O3. The Morgan fingerprint density at radius 3 is 2.46 bits per heavy atom. The van der Waals surface area contributed by atoms with Crippen molar-refractivity contribution in [3.05, 3.63) is 46.2 Å². The van der Waals surface area contributed by atoms with Gasteiger partial charge in [-0.25, -0.2) is 4.68 Å². The molecule has 2 aromatic rings. The Kier molecular flexibility index (Phi) is 5.70. The highest BCUT2D eigenvalue weighted by atomic mass is 35.5. The lowest BCUT2D eigenvalue weighted by Crippen LogP contribution is -2.32. The van der Waals surface area contributed by atoms with Crippen LogP contribution in [0.2, 0.25) is 5.02 Å². The van der Waals surface area contributed by atoms with Crippen LogP contribution in [0.25, 0.3) is 5.69 Å². The number of carbonyl (C=O) groups is 3. The van der Waals surface area contributed by atoms with E-state index in [1.165, 1.54) is 0 Å². The monoisotopic (exact) mass is 401 g/mol. The normalized spacial score (nSPS) is 19.5. The number of Topliss-reactive ketones (excluding diaryl/α,β-unsaturated/α-hetero) is 2. The maximum Gasteiger partial charge on any atom is 0.220 e. The number of benzene rings is 1. The summed E-state index contributed by atoms with van der Waals surface area (Å²) < 4.78 is 1.66. The average molecular weight is 402 g/mol. The Morgan fingerprint density at radius 2 is 1.93 bits per heavy atom. The number of hydrogen-bond donors (Lipinski definition) is 1. The summed E-state index contributed by atoms with van der Waals surface area (Å²) in [6.07, 6.45) is 3.42. The standard InChI is InChI=1S/C21H24ClN3O3/c1-11(2)24-18(27)8-14-7-17(26)20(21(14)28)19-12(3)5-16(6-13(19)4)25-10-15(22)9-23-25/h5-6,9-11,14,20H,7-8H2,1-4H3,(H,24,27). The van der Waals surface area contributed by atoms with Gasteiger partial charge in [0, 0.05) is 31.0 Å². The lowest BCUT2D eigenvalue weighted by Gasteiger charge is -2.17. The summed E-state index contributed by atoms with van der Waals surface area (Å²) in [4.78, 5) is 37.7. The Morgan fingerprint density at radius 1 is 1.29 bits per heavy atom. The van der Waals surface area contributed by atoms with E-state index in [9.17, 15) is 14.4 Å². The van der Waals surface area contributed by atoms with E-state index in [1.54, 1.807) is 17.1 Å². The van der Waals surface area contributed by atoms with Crippen molar-refractivity contribution in [3.8, 4) is 5.69 Å². The number of nitrogens with zero attached hydrogens (tertiary/aromatic N) is 2. The number of carbonyl (C=O) groups excluding carboxylic acids is 3. The molecule has 28 heavy (non-hydrogen) atoms. The molecule has 1 amide bonds. The van der Waals surface area contributed by atoms with Crippen LogP contribution in [0.4, 0.5) is 0 Å². The molecule has 2 atom stereocenters. The van der Waals surface area contributed by atoms with E-state index in [4.69, 9.17) is 11.6 Å². The van der Waals surface area contributed by atoms with Crippen LogP contribution < -0.4 is 5.32 Å². The van der Waals surface area contributed by atoms with Crippen LogP contribution in [0.1, 0.15) is 49.3 Å². The number of amides is 1. The molecular weight excluding hydrogens is 378 g/mol. The van der Waals surface area contributed by atoms with Crippen molar-refractivity contribution < 1.29 is 14.4 Å². The van der Waals surface area contributed by atoms with Gasteiger partial charge in [0.05, 0.1) is 16.9 Å². The van der Waals surface area contributed by atoms with Crippen molar-refractivity contribution in [2.24, 2.45) is 5.92 Å². The Labute approximate surface area is 169 Å². The first-order valence-electron chi connectivity index (χ1n) is 9.35. The third-order valence-corrected chi connectivity index (χ3v) is 5.22. The summed E-state index contributed by atoms with van der Waals surface area (Å²) in [6.45, 7) is 7.50. The van der Waals surface area contributed by atoms with Gasteiger partial charge in [0.1, 0.15) is 11.7 Å². The first-order valence-corrected chi connectivity index (χ1v) is 9.72. The molecule has 148 valence electrons. The van der Waals surface area contributed by atoms with Gasteiger partial charge in [0.25, 0.3) is 0 Å². The summed E-state index contributed by atoms with van der Waals surface area (Å²) >= 11 is 5.95. The maximum absolute atomic E-state index is 13.0. The highest BCUT2D eigenvalue weighted by Gasteiger charge is 2.43. The summed E-state index contributed by atoms with van der Waals surface area (Å²) in [5, 5.41) is 7.52. The highest BCUT2D eigenvalue weighted by Crippen LogP contribution is 2.37. The zero-order valence-electron chi connectivity index (χ0n) is 16.5. The first-order chi connectivity index (χ1) is 13.2. The van der Waals surface area contributed by atoms with Crippen LogP contribution in [0.3, 0.4) is 0 Å². The molecule has 0 bridgehead atoms. The second kappa shape index (κ2) is 7.87. The number of nitrogens with one attached hydrogen (secondary N) is 1. The molecule has 1 aliphatic rings. The van der Waals surface area contributed by atoms with E-state index in [2.05, 4.69) is 10.4 Å². The predicted molar refractivity (Wildman–Crippen MR) is 107 cm³/mol. The van der Waals surface area contributed by atoms with E-state index in [1.807, 2.05) is 39.8 Å². The van der Waals surface area contributed by atoms with Crippen molar-refractivity contribution in [3.63, 3.8) is 0 Å². The molecule has 1 aromatic carbocycles. The molecule has 2 unspecified atom stereocenters. The lowest BCUT2D eigenvalue weighted by molar-refractivity contribution is -0.128. The van der Waals surface area contributed by atoms with Gasteiger partial charge in [-0.05, 0) is 56.5 Å². The zero-order valence-corrected chi connectivity index (χ0v) is 17.2. The van der Waals surface area contributed by atoms with Crippen LogP contribution in [-0.4, -0.2) is 33.3 Å². The first kappa shape index (κ1) is 20.3. The second-order valence-electron chi connectivity index (χ2n) is 7.73. The van der Waals surface area contributed by atoms with E-state index in [0.717, 1.165) is 22.4 Å². The van der Waals surface area contributed by atoms with Gasteiger partial charge < -0.3 is 5.32 Å². The Balaban J connectivity index is 1.87. The number of hydrogen-bond acceptors (Lipinski definition) is 4. The molecule has 0 spiro atoms. The molecule has 0 radical (unpaired) electrons. The van der Waals surface area contributed by atoms with Gasteiger partial charge >= 0.3 is 0 Å². The van der Waals surface area contributed by atoms with Crippen LogP contribution in [0, 0.1) is 19.8 Å².